The Kier molecular flexibility index (Phi) is 8.20. The monoisotopic (exact) mass is 481 g/mol. The first-order chi connectivity index (χ1) is 16.8. The fourth-order valence-corrected chi connectivity index (χ4v) is 4.86. The number of nitrogens with two attached hydrogens (primary N) is 1. The van der Waals surface area contributed by atoms with Crippen molar-refractivity contribution in [3.8, 4) is 0 Å². The molecule has 9 nitrogen and oxygen atoms in total. The van der Waals surface area contributed by atoms with Gasteiger partial charge >= 0.3 is 0 Å². The molecule has 35 heavy (non-hydrogen) atoms. The van der Waals surface area contributed by atoms with Crippen molar-refractivity contribution in [2.45, 2.75) is 64.6 Å². The van der Waals surface area contributed by atoms with E-state index in [-0.39, 0.29) is 17.8 Å². The van der Waals surface area contributed by atoms with Gasteiger partial charge in [-0.25, -0.2) is 9.97 Å². The van der Waals surface area contributed by atoms with Gasteiger partial charge in [-0.1, -0.05) is 19.1 Å². The van der Waals surface area contributed by atoms with Gasteiger partial charge in [-0.05, 0) is 63.3 Å². The van der Waals surface area contributed by atoms with Crippen molar-refractivity contribution in [3.63, 3.8) is 0 Å². The molecule has 1 amide bonds. The SMILES string of the molecule is CCc1nc(C(N)=O)c(Nc2ccc(CN3CCN(C)CC3)cc2C)nc1N[C@H]1CC[C@H](O)CC1. The van der Waals surface area contributed by atoms with Gasteiger partial charge in [-0.3, -0.25) is 9.69 Å². The molecule has 0 bridgehead atoms. The van der Waals surface area contributed by atoms with E-state index in [1.807, 2.05) is 13.0 Å². The summed E-state index contributed by atoms with van der Waals surface area (Å²) < 4.78 is 0. The maximum atomic E-state index is 12.2. The van der Waals surface area contributed by atoms with E-state index in [0.717, 1.165) is 75.4 Å². The third-order valence-corrected chi connectivity index (χ3v) is 7.12. The van der Waals surface area contributed by atoms with E-state index in [1.54, 1.807) is 0 Å². The molecule has 0 unspecified atom stereocenters. The Bertz CT molecular complexity index is 1030. The number of aromatic nitrogens is 2. The number of anilines is 3. The maximum absolute atomic E-state index is 12.2. The predicted molar refractivity (Wildman–Crippen MR) is 139 cm³/mol. The van der Waals surface area contributed by atoms with Crippen molar-refractivity contribution in [1.29, 1.82) is 0 Å². The van der Waals surface area contributed by atoms with E-state index in [0.29, 0.717) is 18.1 Å². The van der Waals surface area contributed by atoms with Crippen LogP contribution in [0, 0.1) is 6.92 Å². The molecule has 4 rings (SSSR count). The number of carbonyl (C=O) groups is 1. The number of hydrogen-bond donors (Lipinski definition) is 4. The van der Waals surface area contributed by atoms with E-state index >= 15 is 0 Å². The summed E-state index contributed by atoms with van der Waals surface area (Å²) in [5, 5.41) is 16.6. The largest absolute Gasteiger partial charge is 0.393 e. The molecule has 0 radical (unpaired) electrons. The van der Waals surface area contributed by atoms with Gasteiger partial charge in [0.25, 0.3) is 5.91 Å². The molecule has 1 aliphatic carbocycles. The van der Waals surface area contributed by atoms with Gasteiger partial charge in [-0.2, -0.15) is 0 Å². The highest BCUT2D eigenvalue weighted by atomic mass is 16.3. The fraction of sp³-hybridized carbons (Fsp3) is 0.577. The van der Waals surface area contributed by atoms with Crippen LogP contribution in [0.4, 0.5) is 17.3 Å². The first-order valence-corrected chi connectivity index (χ1v) is 12.7. The number of aryl methyl sites for hydroxylation is 2. The van der Waals surface area contributed by atoms with Crippen LogP contribution in [0.2, 0.25) is 0 Å². The molecule has 0 spiro atoms. The van der Waals surface area contributed by atoms with Crippen molar-refractivity contribution in [1.82, 2.24) is 19.8 Å². The molecule has 2 aromatic rings. The van der Waals surface area contributed by atoms with Crippen LogP contribution in [-0.2, 0) is 13.0 Å². The average Bonchev–Trinajstić information content (AvgIpc) is 2.83. The Morgan fingerprint density at radius 3 is 2.46 bits per heavy atom. The van der Waals surface area contributed by atoms with Crippen LogP contribution in [0.25, 0.3) is 0 Å². The van der Waals surface area contributed by atoms with Gasteiger partial charge in [0.05, 0.1) is 11.8 Å². The van der Waals surface area contributed by atoms with Crippen LogP contribution in [0.3, 0.4) is 0 Å². The minimum absolute atomic E-state index is 0.146. The Hall–Kier alpha value is -2.75. The lowest BCUT2D eigenvalue weighted by Gasteiger charge is -2.32. The molecular formula is C26H39N7O2. The first-order valence-electron chi connectivity index (χ1n) is 12.7. The summed E-state index contributed by atoms with van der Waals surface area (Å²) >= 11 is 0. The molecule has 0 atom stereocenters. The second-order valence-corrected chi connectivity index (χ2v) is 9.94. The van der Waals surface area contributed by atoms with Gasteiger partial charge < -0.3 is 26.4 Å². The molecule has 1 aliphatic heterocycles. The van der Waals surface area contributed by atoms with Crippen molar-refractivity contribution >= 4 is 23.2 Å². The number of piperazine rings is 1. The highest BCUT2D eigenvalue weighted by Crippen LogP contribution is 2.28. The molecule has 2 heterocycles. The molecule has 9 heteroatoms. The zero-order chi connectivity index (χ0) is 24.9. The number of benzene rings is 1. The Morgan fingerprint density at radius 2 is 1.83 bits per heavy atom. The normalized spacial score (nSPS) is 21.6. The smallest absolute Gasteiger partial charge is 0.271 e. The number of nitrogens with one attached hydrogen (secondary N) is 2. The molecule has 1 aromatic carbocycles. The van der Waals surface area contributed by atoms with Gasteiger partial charge in [0, 0.05) is 44.5 Å². The van der Waals surface area contributed by atoms with Crippen LogP contribution in [0.5, 0.6) is 0 Å². The van der Waals surface area contributed by atoms with Gasteiger partial charge in [0.1, 0.15) is 5.82 Å². The molecule has 2 fully saturated rings. The number of likely N-dealkylation sites (N-methyl/N-ethyl adjacent to an activating group) is 1. The summed E-state index contributed by atoms with van der Waals surface area (Å²) in [5.74, 6) is 0.431. The van der Waals surface area contributed by atoms with E-state index in [2.05, 4.69) is 51.5 Å². The molecular weight excluding hydrogens is 442 g/mol. The minimum Gasteiger partial charge on any atom is -0.393 e. The summed E-state index contributed by atoms with van der Waals surface area (Å²) in [6.07, 6.45) is 3.71. The number of carbonyl (C=O) groups excluding carboxylic acids is 1. The molecule has 5 N–H and O–H groups in total. The van der Waals surface area contributed by atoms with Crippen molar-refractivity contribution in [2.75, 3.05) is 43.9 Å². The Morgan fingerprint density at radius 1 is 1.11 bits per heavy atom. The summed E-state index contributed by atoms with van der Waals surface area (Å²) in [6, 6.07) is 6.57. The van der Waals surface area contributed by atoms with Crippen LogP contribution in [0.15, 0.2) is 18.2 Å². The van der Waals surface area contributed by atoms with E-state index < -0.39 is 5.91 Å². The van der Waals surface area contributed by atoms with E-state index in [9.17, 15) is 9.90 Å². The van der Waals surface area contributed by atoms with Crippen LogP contribution < -0.4 is 16.4 Å². The highest BCUT2D eigenvalue weighted by Gasteiger charge is 2.23. The molecule has 1 saturated heterocycles. The second kappa shape index (κ2) is 11.3. The second-order valence-electron chi connectivity index (χ2n) is 9.94. The molecule has 1 saturated carbocycles. The van der Waals surface area contributed by atoms with Crippen molar-refractivity contribution < 1.29 is 9.90 Å². The lowest BCUT2D eigenvalue weighted by molar-refractivity contribution is 0.0996. The van der Waals surface area contributed by atoms with E-state index in [4.69, 9.17) is 10.7 Å². The Labute approximate surface area is 208 Å². The third kappa shape index (κ3) is 6.48. The molecule has 1 aromatic heterocycles. The van der Waals surface area contributed by atoms with Crippen molar-refractivity contribution in [3.05, 3.63) is 40.7 Å². The van der Waals surface area contributed by atoms with Gasteiger partial charge in [0.2, 0.25) is 0 Å². The lowest BCUT2D eigenvalue weighted by atomic mass is 9.93. The zero-order valence-electron chi connectivity index (χ0n) is 21.2. The summed E-state index contributed by atoms with van der Waals surface area (Å²) in [4.78, 5) is 26.4. The number of nitrogens with zero attached hydrogens (tertiary/aromatic N) is 4. The maximum Gasteiger partial charge on any atom is 0.271 e. The average molecular weight is 482 g/mol. The number of hydrogen-bond acceptors (Lipinski definition) is 8. The number of rotatable bonds is 8. The van der Waals surface area contributed by atoms with E-state index in [1.165, 1.54) is 5.56 Å². The summed E-state index contributed by atoms with van der Waals surface area (Å²) in [7, 11) is 2.17. The lowest BCUT2D eigenvalue weighted by Crippen LogP contribution is -2.43. The third-order valence-electron chi connectivity index (χ3n) is 7.12. The minimum atomic E-state index is -0.605. The van der Waals surface area contributed by atoms with Crippen LogP contribution >= 0.6 is 0 Å². The molecule has 2 aliphatic rings. The number of aliphatic hydroxyl groups excluding tert-OH is 1. The van der Waals surface area contributed by atoms with Crippen molar-refractivity contribution in [2.24, 2.45) is 5.73 Å². The summed E-state index contributed by atoms with van der Waals surface area (Å²) in [5.41, 5.74) is 9.76. The standard InChI is InChI=1S/C26H39N7O2/c1-4-21-25(28-19-6-8-20(34)9-7-19)31-26(23(29-21)24(27)35)30-22-10-5-18(15-17(22)2)16-33-13-11-32(3)12-14-33/h5,10,15,19-20,34H,4,6-9,11-14,16H2,1-3H3,(H2,27,35)(H2,28,30,31)/t19-,20-. The van der Waals surface area contributed by atoms with Crippen LogP contribution in [-0.4, -0.2) is 76.2 Å². The fourth-order valence-electron chi connectivity index (χ4n) is 4.86. The molecule has 190 valence electrons. The predicted octanol–water partition coefficient (Wildman–Crippen LogP) is 2.65. The first kappa shape index (κ1) is 25.3. The summed E-state index contributed by atoms with van der Waals surface area (Å²) in [6.45, 7) is 9.31. The topological polar surface area (TPSA) is 120 Å². The van der Waals surface area contributed by atoms with Crippen LogP contribution in [0.1, 0.15) is 59.9 Å². The van der Waals surface area contributed by atoms with Gasteiger partial charge in [0.15, 0.2) is 11.5 Å². The highest BCUT2D eigenvalue weighted by molar-refractivity contribution is 5.96. The number of aliphatic hydroxyl groups is 1. The Balaban J connectivity index is 1.53. The quantitative estimate of drug-likeness (QED) is 0.454. The number of primary amides is 1. The van der Waals surface area contributed by atoms with Gasteiger partial charge in [-0.15, -0.1) is 0 Å². The number of amides is 1. The zero-order valence-corrected chi connectivity index (χ0v) is 21.2.